The molecule has 1 amide bonds. The lowest BCUT2D eigenvalue weighted by atomic mass is 10.3. The van der Waals surface area contributed by atoms with Gasteiger partial charge in [-0.2, -0.15) is 0 Å². The first kappa shape index (κ1) is 15.5. The van der Waals surface area contributed by atoms with Crippen molar-refractivity contribution in [3.05, 3.63) is 24.3 Å². The molecule has 0 saturated carbocycles. The van der Waals surface area contributed by atoms with Crippen LogP contribution in [0.25, 0.3) is 0 Å². The summed E-state index contributed by atoms with van der Waals surface area (Å²) in [5, 5.41) is 2.70. The number of hydrogen-bond acceptors (Lipinski definition) is 5. The van der Waals surface area contributed by atoms with E-state index in [1.165, 1.54) is 6.26 Å². The van der Waals surface area contributed by atoms with Crippen LogP contribution in [0.3, 0.4) is 0 Å². The van der Waals surface area contributed by atoms with Crippen molar-refractivity contribution < 1.29 is 13.2 Å². The number of amides is 1. The van der Waals surface area contributed by atoms with Crippen molar-refractivity contribution in [3.63, 3.8) is 0 Å². The molecule has 1 aromatic rings. The van der Waals surface area contributed by atoms with E-state index in [2.05, 4.69) is 5.32 Å². The van der Waals surface area contributed by atoms with Crippen LogP contribution in [0.4, 0.5) is 11.4 Å². The van der Waals surface area contributed by atoms with Gasteiger partial charge in [0.15, 0.2) is 0 Å². The summed E-state index contributed by atoms with van der Waals surface area (Å²) in [6, 6.07) is 6.88. The fraction of sp³-hybridized carbons (Fsp3) is 0.417. The molecule has 0 spiro atoms. The highest BCUT2D eigenvalue weighted by Crippen LogP contribution is 2.11. The molecule has 0 aliphatic carbocycles. The number of sulfone groups is 1. The molecule has 0 saturated heterocycles. The van der Waals surface area contributed by atoms with Gasteiger partial charge in [-0.1, -0.05) is 6.07 Å². The maximum atomic E-state index is 11.7. The number of nitrogens with zero attached hydrogens (tertiary/aromatic N) is 1. The number of carbonyl (C=O) groups is 1. The first-order valence-electron chi connectivity index (χ1n) is 5.78. The van der Waals surface area contributed by atoms with Gasteiger partial charge in [0.05, 0.1) is 12.3 Å². The molecular weight excluding hydrogens is 266 g/mol. The average molecular weight is 285 g/mol. The Bertz CT molecular complexity index is 543. The number of rotatable bonds is 6. The van der Waals surface area contributed by atoms with Crippen LogP contribution >= 0.6 is 0 Å². The Balaban J connectivity index is 2.43. The number of carbonyl (C=O) groups excluding carboxylic acids is 1. The fourth-order valence-electron chi connectivity index (χ4n) is 1.46. The lowest BCUT2D eigenvalue weighted by Crippen LogP contribution is -2.33. The predicted octanol–water partition coefficient (Wildman–Crippen LogP) is 0.184. The molecule has 19 heavy (non-hydrogen) atoms. The first-order chi connectivity index (χ1) is 8.76. The van der Waals surface area contributed by atoms with Crippen LogP contribution in [0.15, 0.2) is 24.3 Å². The van der Waals surface area contributed by atoms with Gasteiger partial charge in [0.1, 0.15) is 9.84 Å². The highest BCUT2D eigenvalue weighted by atomic mass is 32.2. The minimum Gasteiger partial charge on any atom is -0.399 e. The summed E-state index contributed by atoms with van der Waals surface area (Å²) in [4.78, 5) is 13.4. The van der Waals surface area contributed by atoms with E-state index >= 15 is 0 Å². The van der Waals surface area contributed by atoms with E-state index in [0.29, 0.717) is 17.9 Å². The zero-order valence-corrected chi connectivity index (χ0v) is 11.9. The second kappa shape index (κ2) is 6.53. The number of benzene rings is 1. The summed E-state index contributed by atoms with van der Waals surface area (Å²) in [6.45, 7) is 0.452. The quantitative estimate of drug-likeness (QED) is 0.728. The zero-order valence-electron chi connectivity index (χ0n) is 11.1. The highest BCUT2D eigenvalue weighted by molar-refractivity contribution is 7.90. The van der Waals surface area contributed by atoms with Crippen molar-refractivity contribution >= 4 is 27.1 Å². The van der Waals surface area contributed by atoms with Crippen LogP contribution in [0.5, 0.6) is 0 Å². The lowest BCUT2D eigenvalue weighted by molar-refractivity contribution is -0.117. The number of anilines is 2. The van der Waals surface area contributed by atoms with Gasteiger partial charge in [0.2, 0.25) is 5.91 Å². The van der Waals surface area contributed by atoms with Crippen molar-refractivity contribution in [1.29, 1.82) is 0 Å². The summed E-state index contributed by atoms with van der Waals surface area (Å²) in [5.41, 5.74) is 6.80. The molecule has 1 aromatic carbocycles. The Kier molecular flexibility index (Phi) is 5.31. The number of nitrogens with two attached hydrogens (primary N) is 1. The van der Waals surface area contributed by atoms with Crippen molar-refractivity contribution in [3.8, 4) is 0 Å². The van der Waals surface area contributed by atoms with Crippen LogP contribution in [0, 0.1) is 0 Å². The van der Waals surface area contributed by atoms with Crippen LogP contribution in [-0.4, -0.2) is 51.4 Å². The highest BCUT2D eigenvalue weighted by Gasteiger charge is 2.09. The average Bonchev–Trinajstić information content (AvgIpc) is 2.25. The van der Waals surface area contributed by atoms with Crippen LogP contribution in [0.1, 0.15) is 0 Å². The van der Waals surface area contributed by atoms with Gasteiger partial charge in [-0.25, -0.2) is 8.42 Å². The first-order valence-corrected chi connectivity index (χ1v) is 7.84. The molecule has 0 atom stereocenters. The molecule has 0 heterocycles. The van der Waals surface area contributed by atoms with E-state index in [1.807, 2.05) is 0 Å². The Morgan fingerprint density at radius 1 is 1.42 bits per heavy atom. The van der Waals surface area contributed by atoms with Gasteiger partial charge in [0.25, 0.3) is 0 Å². The SMILES string of the molecule is CN(CCS(C)(=O)=O)CC(=O)Nc1cccc(N)c1. The standard InChI is InChI=1S/C12H19N3O3S/c1-15(6-7-19(2,17)18)9-12(16)14-11-5-3-4-10(13)8-11/h3-5,8H,6-7,9,13H2,1-2H3,(H,14,16). The summed E-state index contributed by atoms with van der Waals surface area (Å²) in [7, 11) is -1.31. The van der Waals surface area contributed by atoms with E-state index in [0.717, 1.165) is 0 Å². The smallest absolute Gasteiger partial charge is 0.238 e. The van der Waals surface area contributed by atoms with Crippen LogP contribution < -0.4 is 11.1 Å². The molecule has 6 nitrogen and oxygen atoms in total. The third-order valence-electron chi connectivity index (χ3n) is 2.43. The third kappa shape index (κ3) is 6.78. The van der Waals surface area contributed by atoms with Crippen LogP contribution in [-0.2, 0) is 14.6 Å². The molecule has 0 aliphatic rings. The monoisotopic (exact) mass is 285 g/mol. The topological polar surface area (TPSA) is 92.5 Å². The largest absolute Gasteiger partial charge is 0.399 e. The molecular formula is C12H19N3O3S. The molecule has 0 bridgehead atoms. The van der Waals surface area contributed by atoms with Crippen molar-refractivity contribution in [2.24, 2.45) is 0 Å². The number of nitrogen functional groups attached to an aromatic ring is 1. The van der Waals surface area contributed by atoms with E-state index in [1.54, 1.807) is 36.2 Å². The Hall–Kier alpha value is -1.60. The molecule has 0 fully saturated rings. The van der Waals surface area contributed by atoms with E-state index in [4.69, 9.17) is 5.73 Å². The summed E-state index contributed by atoms with van der Waals surface area (Å²) >= 11 is 0. The normalized spacial score (nSPS) is 11.5. The summed E-state index contributed by atoms with van der Waals surface area (Å²) in [6.07, 6.45) is 1.17. The molecule has 3 N–H and O–H groups in total. The summed E-state index contributed by atoms with van der Waals surface area (Å²) in [5.74, 6) is -0.170. The zero-order chi connectivity index (χ0) is 14.5. The minimum absolute atomic E-state index is 0.0368. The van der Waals surface area contributed by atoms with Gasteiger partial charge < -0.3 is 11.1 Å². The van der Waals surface area contributed by atoms with Crippen molar-refractivity contribution in [2.45, 2.75) is 0 Å². The van der Waals surface area contributed by atoms with Gasteiger partial charge in [0, 0.05) is 24.2 Å². The molecule has 0 unspecified atom stereocenters. The molecule has 0 radical (unpaired) electrons. The minimum atomic E-state index is -3.01. The van der Waals surface area contributed by atoms with E-state index < -0.39 is 9.84 Å². The molecule has 106 valence electrons. The number of likely N-dealkylation sites (N-methyl/N-ethyl adjacent to an activating group) is 1. The van der Waals surface area contributed by atoms with Crippen molar-refractivity contribution in [1.82, 2.24) is 4.90 Å². The lowest BCUT2D eigenvalue weighted by Gasteiger charge is -2.15. The Labute approximate surface area is 113 Å². The Morgan fingerprint density at radius 3 is 2.68 bits per heavy atom. The van der Waals surface area contributed by atoms with Gasteiger partial charge in [-0.05, 0) is 25.2 Å². The molecule has 0 aromatic heterocycles. The van der Waals surface area contributed by atoms with E-state index in [-0.39, 0.29) is 18.2 Å². The number of hydrogen-bond donors (Lipinski definition) is 2. The maximum Gasteiger partial charge on any atom is 0.238 e. The second-order valence-corrected chi connectivity index (χ2v) is 6.80. The van der Waals surface area contributed by atoms with Crippen molar-refractivity contribution in [2.75, 3.05) is 43.2 Å². The maximum absolute atomic E-state index is 11.7. The molecule has 1 rings (SSSR count). The van der Waals surface area contributed by atoms with Crippen LogP contribution in [0.2, 0.25) is 0 Å². The Morgan fingerprint density at radius 2 is 2.11 bits per heavy atom. The number of nitrogens with one attached hydrogen (secondary N) is 1. The second-order valence-electron chi connectivity index (χ2n) is 4.54. The fourth-order valence-corrected chi connectivity index (χ4v) is 2.11. The van der Waals surface area contributed by atoms with Gasteiger partial charge in [-0.3, -0.25) is 9.69 Å². The predicted molar refractivity (Wildman–Crippen MR) is 76.7 cm³/mol. The molecule has 7 heteroatoms. The third-order valence-corrected chi connectivity index (χ3v) is 3.35. The van der Waals surface area contributed by atoms with Gasteiger partial charge in [-0.15, -0.1) is 0 Å². The van der Waals surface area contributed by atoms with E-state index in [9.17, 15) is 13.2 Å². The molecule has 0 aliphatic heterocycles. The van der Waals surface area contributed by atoms with Gasteiger partial charge >= 0.3 is 0 Å². The summed E-state index contributed by atoms with van der Waals surface area (Å²) < 4.78 is 22.0.